The van der Waals surface area contributed by atoms with Gasteiger partial charge in [-0.25, -0.2) is 9.97 Å². The summed E-state index contributed by atoms with van der Waals surface area (Å²) in [6.07, 6.45) is 9.54. The third-order valence-corrected chi connectivity index (χ3v) is 5.14. The van der Waals surface area contributed by atoms with Crippen LogP contribution in [0.3, 0.4) is 0 Å². The van der Waals surface area contributed by atoms with E-state index in [1.54, 1.807) is 6.20 Å². The zero-order valence-electron chi connectivity index (χ0n) is 13.6. The molecule has 2 aromatic heterocycles. The first-order chi connectivity index (χ1) is 11.2. The molecular formula is C17H22N4OS. The van der Waals surface area contributed by atoms with Gasteiger partial charge in [-0.2, -0.15) is 0 Å². The largest absolute Gasteiger partial charge is 0.339 e. The van der Waals surface area contributed by atoms with E-state index >= 15 is 0 Å². The highest BCUT2D eigenvalue weighted by molar-refractivity contribution is 7.98. The molecule has 122 valence electrons. The highest BCUT2D eigenvalue weighted by atomic mass is 32.2. The van der Waals surface area contributed by atoms with Crippen LogP contribution in [-0.4, -0.2) is 44.7 Å². The number of carbonyl (C=O) groups is 1. The van der Waals surface area contributed by atoms with E-state index in [0.29, 0.717) is 11.5 Å². The number of thioether (sulfide) groups is 1. The molecule has 3 heterocycles. The molecule has 0 N–H and O–H groups in total. The van der Waals surface area contributed by atoms with Gasteiger partial charge in [-0.05, 0) is 38.2 Å². The minimum Gasteiger partial charge on any atom is -0.339 e. The number of hydrogen-bond donors (Lipinski definition) is 0. The van der Waals surface area contributed by atoms with Crippen LogP contribution < -0.4 is 0 Å². The van der Waals surface area contributed by atoms with Gasteiger partial charge in [0.25, 0.3) is 5.91 Å². The van der Waals surface area contributed by atoms with Crippen molar-refractivity contribution in [2.45, 2.75) is 37.3 Å². The fraction of sp³-hybridized carbons (Fsp3) is 0.471. The zero-order valence-corrected chi connectivity index (χ0v) is 14.4. The smallest absolute Gasteiger partial charge is 0.256 e. The van der Waals surface area contributed by atoms with Gasteiger partial charge in [0.2, 0.25) is 0 Å². The lowest BCUT2D eigenvalue weighted by Gasteiger charge is -2.32. The van der Waals surface area contributed by atoms with Crippen LogP contribution in [0.25, 0.3) is 0 Å². The SMILES string of the molecule is CCn1ccnc1C1CCN(C(=O)c2cccnc2SC)CC1. The van der Waals surface area contributed by atoms with Crippen LogP contribution >= 0.6 is 11.8 Å². The van der Waals surface area contributed by atoms with Crippen LogP contribution in [0.2, 0.25) is 0 Å². The quantitative estimate of drug-likeness (QED) is 0.809. The van der Waals surface area contributed by atoms with Crippen LogP contribution in [0.4, 0.5) is 0 Å². The topological polar surface area (TPSA) is 51.0 Å². The first-order valence-electron chi connectivity index (χ1n) is 8.04. The molecule has 0 aliphatic carbocycles. The van der Waals surface area contributed by atoms with Crippen molar-refractivity contribution in [3.63, 3.8) is 0 Å². The maximum atomic E-state index is 12.7. The van der Waals surface area contributed by atoms with Gasteiger partial charge in [0.05, 0.1) is 5.56 Å². The van der Waals surface area contributed by atoms with Crippen molar-refractivity contribution in [2.24, 2.45) is 0 Å². The van der Waals surface area contributed by atoms with E-state index in [9.17, 15) is 4.79 Å². The maximum absolute atomic E-state index is 12.7. The molecule has 1 amide bonds. The average molecular weight is 330 g/mol. The second kappa shape index (κ2) is 7.17. The van der Waals surface area contributed by atoms with E-state index in [2.05, 4.69) is 21.5 Å². The fourth-order valence-corrected chi connectivity index (χ4v) is 3.72. The Bertz CT molecular complexity index is 677. The number of aromatic nitrogens is 3. The van der Waals surface area contributed by atoms with E-state index in [1.165, 1.54) is 11.8 Å². The number of pyridine rings is 1. The summed E-state index contributed by atoms with van der Waals surface area (Å²) in [5.74, 6) is 1.70. The molecule has 3 rings (SSSR count). The Kier molecular flexibility index (Phi) is 5.00. The average Bonchev–Trinajstić information content (AvgIpc) is 3.10. The Hall–Kier alpha value is -1.82. The summed E-state index contributed by atoms with van der Waals surface area (Å²) in [6, 6.07) is 3.70. The summed E-state index contributed by atoms with van der Waals surface area (Å²) < 4.78 is 2.20. The third-order valence-electron chi connectivity index (χ3n) is 4.43. The molecule has 2 aromatic rings. The Morgan fingerprint density at radius 3 is 2.78 bits per heavy atom. The Morgan fingerprint density at radius 2 is 2.09 bits per heavy atom. The highest BCUT2D eigenvalue weighted by Crippen LogP contribution is 2.28. The van der Waals surface area contributed by atoms with E-state index in [-0.39, 0.29) is 5.91 Å². The van der Waals surface area contributed by atoms with Gasteiger partial charge in [0.1, 0.15) is 10.9 Å². The number of hydrogen-bond acceptors (Lipinski definition) is 4. The molecule has 6 heteroatoms. The van der Waals surface area contributed by atoms with E-state index in [0.717, 1.165) is 43.3 Å². The second-order valence-electron chi connectivity index (χ2n) is 5.70. The molecule has 1 aliphatic rings. The van der Waals surface area contributed by atoms with Crippen molar-refractivity contribution in [2.75, 3.05) is 19.3 Å². The molecule has 1 aliphatic heterocycles. The number of piperidine rings is 1. The number of imidazole rings is 1. The predicted octanol–water partition coefficient (Wildman–Crippen LogP) is 3.04. The molecule has 0 radical (unpaired) electrons. The Balaban J connectivity index is 1.68. The molecule has 0 unspecified atom stereocenters. The molecule has 5 nitrogen and oxygen atoms in total. The van der Waals surface area contributed by atoms with Crippen LogP contribution in [0.1, 0.15) is 41.9 Å². The summed E-state index contributed by atoms with van der Waals surface area (Å²) in [5, 5.41) is 0.807. The standard InChI is InChI=1S/C17H22N4OS/c1-3-20-12-9-18-15(20)13-6-10-21(11-7-13)17(22)14-5-4-8-19-16(14)23-2/h4-5,8-9,12-13H,3,6-7,10-11H2,1-2H3. The van der Waals surface area contributed by atoms with E-state index < -0.39 is 0 Å². The van der Waals surface area contributed by atoms with Crippen molar-refractivity contribution in [3.8, 4) is 0 Å². The van der Waals surface area contributed by atoms with Gasteiger partial charge in [-0.1, -0.05) is 0 Å². The molecule has 0 bridgehead atoms. The number of aryl methyl sites for hydroxylation is 1. The number of amides is 1. The molecule has 1 saturated heterocycles. The van der Waals surface area contributed by atoms with Crippen molar-refractivity contribution >= 4 is 17.7 Å². The fourth-order valence-electron chi connectivity index (χ4n) is 3.18. The van der Waals surface area contributed by atoms with Gasteiger partial charge in [0, 0.05) is 44.1 Å². The normalized spacial score (nSPS) is 15.8. The van der Waals surface area contributed by atoms with Crippen LogP contribution in [-0.2, 0) is 6.54 Å². The second-order valence-corrected chi connectivity index (χ2v) is 6.49. The molecular weight excluding hydrogens is 308 g/mol. The zero-order chi connectivity index (χ0) is 16.2. The van der Waals surface area contributed by atoms with Crippen molar-refractivity contribution in [1.82, 2.24) is 19.4 Å². The molecule has 1 fully saturated rings. The summed E-state index contributed by atoms with van der Waals surface area (Å²) in [7, 11) is 0. The van der Waals surface area contributed by atoms with Gasteiger partial charge in [-0.3, -0.25) is 4.79 Å². The minimum absolute atomic E-state index is 0.0970. The predicted molar refractivity (Wildman–Crippen MR) is 91.8 cm³/mol. The molecule has 0 aromatic carbocycles. The van der Waals surface area contributed by atoms with Crippen LogP contribution in [0.15, 0.2) is 35.7 Å². The lowest BCUT2D eigenvalue weighted by atomic mass is 9.95. The van der Waals surface area contributed by atoms with Gasteiger partial charge in [0.15, 0.2) is 0 Å². The first-order valence-corrected chi connectivity index (χ1v) is 9.26. The van der Waals surface area contributed by atoms with Gasteiger partial charge >= 0.3 is 0 Å². The number of likely N-dealkylation sites (tertiary alicyclic amines) is 1. The number of carbonyl (C=O) groups excluding carboxylic acids is 1. The van der Waals surface area contributed by atoms with Crippen LogP contribution in [0.5, 0.6) is 0 Å². The first kappa shape index (κ1) is 16.1. The van der Waals surface area contributed by atoms with Crippen LogP contribution in [0, 0.1) is 0 Å². The molecule has 0 saturated carbocycles. The van der Waals surface area contributed by atoms with E-state index in [1.807, 2.05) is 35.7 Å². The maximum Gasteiger partial charge on any atom is 0.256 e. The minimum atomic E-state index is 0.0970. The molecule has 0 atom stereocenters. The number of nitrogens with zero attached hydrogens (tertiary/aromatic N) is 4. The highest BCUT2D eigenvalue weighted by Gasteiger charge is 2.27. The third kappa shape index (κ3) is 3.27. The summed E-state index contributed by atoms with van der Waals surface area (Å²) >= 11 is 1.52. The lowest BCUT2D eigenvalue weighted by Crippen LogP contribution is -2.38. The lowest BCUT2D eigenvalue weighted by molar-refractivity contribution is 0.0706. The van der Waals surface area contributed by atoms with Gasteiger partial charge in [-0.15, -0.1) is 11.8 Å². The monoisotopic (exact) mass is 330 g/mol. The Labute approximate surface area is 141 Å². The summed E-state index contributed by atoms with van der Waals surface area (Å²) in [4.78, 5) is 23.5. The summed E-state index contributed by atoms with van der Waals surface area (Å²) in [6.45, 7) is 4.64. The van der Waals surface area contributed by atoms with Crippen molar-refractivity contribution < 1.29 is 4.79 Å². The van der Waals surface area contributed by atoms with E-state index in [4.69, 9.17) is 0 Å². The molecule has 23 heavy (non-hydrogen) atoms. The van der Waals surface area contributed by atoms with Gasteiger partial charge < -0.3 is 9.47 Å². The number of rotatable bonds is 4. The Morgan fingerprint density at radius 1 is 1.30 bits per heavy atom. The molecule has 0 spiro atoms. The van der Waals surface area contributed by atoms with Crippen molar-refractivity contribution in [3.05, 3.63) is 42.1 Å². The summed E-state index contributed by atoms with van der Waals surface area (Å²) in [5.41, 5.74) is 0.716. The van der Waals surface area contributed by atoms with Crippen molar-refractivity contribution in [1.29, 1.82) is 0 Å².